The number of ketones is 1. The Labute approximate surface area is 114 Å². The van der Waals surface area contributed by atoms with Crippen LogP contribution in [-0.4, -0.2) is 31.3 Å². The van der Waals surface area contributed by atoms with E-state index in [4.69, 9.17) is 11.6 Å². The SMILES string of the molecule is CC(=Cc1ccc(Cl)cc1)C(=O)C(C)CN(C)C. The number of benzene rings is 1. The van der Waals surface area contributed by atoms with Crippen LogP contribution in [0.5, 0.6) is 0 Å². The number of rotatable bonds is 5. The van der Waals surface area contributed by atoms with Gasteiger partial charge in [0.25, 0.3) is 0 Å². The van der Waals surface area contributed by atoms with Crippen molar-refractivity contribution in [2.75, 3.05) is 20.6 Å². The predicted molar refractivity (Wildman–Crippen MR) is 77.8 cm³/mol. The molecule has 2 nitrogen and oxygen atoms in total. The van der Waals surface area contributed by atoms with Gasteiger partial charge in [0.15, 0.2) is 5.78 Å². The number of allylic oxidation sites excluding steroid dienone is 1. The minimum Gasteiger partial charge on any atom is -0.309 e. The Bertz CT molecular complexity index is 434. The van der Waals surface area contributed by atoms with E-state index in [0.29, 0.717) is 5.02 Å². The summed E-state index contributed by atoms with van der Waals surface area (Å²) in [6, 6.07) is 7.48. The summed E-state index contributed by atoms with van der Waals surface area (Å²) in [6.45, 7) is 4.59. The van der Waals surface area contributed by atoms with Gasteiger partial charge in [0.2, 0.25) is 0 Å². The number of hydrogen-bond acceptors (Lipinski definition) is 2. The van der Waals surface area contributed by atoms with Gasteiger partial charge in [0, 0.05) is 17.5 Å². The second-order valence-electron chi connectivity index (χ2n) is 4.91. The third kappa shape index (κ3) is 4.63. The molecule has 98 valence electrons. The molecule has 3 heteroatoms. The van der Waals surface area contributed by atoms with Gasteiger partial charge >= 0.3 is 0 Å². The maximum absolute atomic E-state index is 12.1. The minimum absolute atomic E-state index is 0.0172. The quantitative estimate of drug-likeness (QED) is 0.760. The summed E-state index contributed by atoms with van der Waals surface area (Å²) < 4.78 is 0. The molecule has 0 radical (unpaired) electrons. The fourth-order valence-electron chi connectivity index (χ4n) is 1.90. The van der Waals surface area contributed by atoms with Crippen LogP contribution in [0.4, 0.5) is 0 Å². The molecule has 0 saturated carbocycles. The van der Waals surface area contributed by atoms with Crippen molar-refractivity contribution in [2.24, 2.45) is 5.92 Å². The van der Waals surface area contributed by atoms with E-state index in [9.17, 15) is 4.79 Å². The van der Waals surface area contributed by atoms with Gasteiger partial charge in [-0.2, -0.15) is 0 Å². The summed E-state index contributed by atoms with van der Waals surface area (Å²) in [5.41, 5.74) is 1.79. The smallest absolute Gasteiger partial charge is 0.162 e. The van der Waals surface area contributed by atoms with Crippen molar-refractivity contribution < 1.29 is 4.79 Å². The van der Waals surface area contributed by atoms with Crippen molar-refractivity contribution in [3.8, 4) is 0 Å². The molecule has 1 unspecified atom stereocenters. The van der Waals surface area contributed by atoms with Crippen LogP contribution in [-0.2, 0) is 4.79 Å². The van der Waals surface area contributed by atoms with E-state index in [0.717, 1.165) is 17.7 Å². The highest BCUT2D eigenvalue weighted by Gasteiger charge is 2.15. The van der Waals surface area contributed by atoms with Crippen LogP contribution in [0.2, 0.25) is 5.02 Å². The van der Waals surface area contributed by atoms with Crippen LogP contribution >= 0.6 is 11.6 Å². The standard InChI is InChI=1S/C15H20ClNO/c1-11(15(18)12(2)10-17(3)4)9-13-5-7-14(16)8-6-13/h5-9,12H,10H2,1-4H3. The maximum Gasteiger partial charge on any atom is 0.162 e. The third-order valence-corrected chi connectivity index (χ3v) is 2.98. The lowest BCUT2D eigenvalue weighted by molar-refractivity contribution is -0.119. The molecule has 0 N–H and O–H groups in total. The van der Waals surface area contributed by atoms with Crippen LogP contribution < -0.4 is 0 Å². The lowest BCUT2D eigenvalue weighted by Gasteiger charge is -2.16. The molecule has 0 spiro atoms. The van der Waals surface area contributed by atoms with E-state index < -0.39 is 0 Å². The maximum atomic E-state index is 12.1. The predicted octanol–water partition coefficient (Wildman–Crippen LogP) is 3.51. The Morgan fingerprint density at radius 1 is 1.33 bits per heavy atom. The lowest BCUT2D eigenvalue weighted by atomic mass is 9.98. The molecular formula is C15H20ClNO. The van der Waals surface area contributed by atoms with Crippen LogP contribution in [0.3, 0.4) is 0 Å². The first kappa shape index (κ1) is 14.9. The van der Waals surface area contributed by atoms with E-state index in [1.807, 2.05) is 63.2 Å². The molecule has 0 amide bonds. The van der Waals surface area contributed by atoms with Crippen LogP contribution in [0.25, 0.3) is 6.08 Å². The number of halogens is 1. The zero-order valence-corrected chi connectivity index (χ0v) is 12.2. The van der Waals surface area contributed by atoms with Crippen molar-refractivity contribution in [3.05, 3.63) is 40.4 Å². The van der Waals surface area contributed by atoms with Crippen LogP contribution in [0.15, 0.2) is 29.8 Å². The van der Waals surface area contributed by atoms with E-state index in [2.05, 4.69) is 0 Å². The Balaban J connectivity index is 2.76. The van der Waals surface area contributed by atoms with E-state index in [1.54, 1.807) is 0 Å². The summed E-state index contributed by atoms with van der Waals surface area (Å²) in [4.78, 5) is 14.2. The topological polar surface area (TPSA) is 20.3 Å². The van der Waals surface area contributed by atoms with Crippen molar-refractivity contribution in [2.45, 2.75) is 13.8 Å². The molecule has 0 aromatic heterocycles. The van der Waals surface area contributed by atoms with Gasteiger partial charge in [0.1, 0.15) is 0 Å². The molecule has 1 atom stereocenters. The number of carbonyl (C=O) groups excluding carboxylic acids is 1. The van der Waals surface area contributed by atoms with Gasteiger partial charge in [-0.15, -0.1) is 0 Å². The Hall–Kier alpha value is -1.12. The molecule has 0 heterocycles. The molecule has 18 heavy (non-hydrogen) atoms. The van der Waals surface area contributed by atoms with Crippen molar-refractivity contribution in [1.29, 1.82) is 0 Å². The van der Waals surface area contributed by atoms with Gasteiger partial charge in [0.05, 0.1) is 0 Å². The zero-order chi connectivity index (χ0) is 13.7. The Kier molecular flexibility index (Phi) is 5.57. The van der Waals surface area contributed by atoms with Crippen molar-refractivity contribution in [1.82, 2.24) is 4.90 Å². The van der Waals surface area contributed by atoms with Gasteiger partial charge < -0.3 is 4.90 Å². The largest absolute Gasteiger partial charge is 0.309 e. The highest BCUT2D eigenvalue weighted by atomic mass is 35.5. The van der Waals surface area contributed by atoms with Gasteiger partial charge in [-0.25, -0.2) is 0 Å². The summed E-state index contributed by atoms with van der Waals surface area (Å²) in [5.74, 6) is 0.210. The van der Waals surface area contributed by atoms with Crippen molar-refractivity contribution >= 4 is 23.5 Å². The summed E-state index contributed by atoms with van der Waals surface area (Å²) in [5, 5.41) is 0.706. The third-order valence-electron chi connectivity index (χ3n) is 2.73. The fourth-order valence-corrected chi connectivity index (χ4v) is 2.03. The molecular weight excluding hydrogens is 246 g/mol. The average molecular weight is 266 g/mol. The number of Topliss-reactive ketones (excluding diaryl/α,β-unsaturated/α-hetero) is 1. The molecule has 1 rings (SSSR count). The molecule has 0 aliphatic carbocycles. The molecule has 1 aromatic rings. The Morgan fingerprint density at radius 3 is 2.39 bits per heavy atom. The van der Waals surface area contributed by atoms with Gasteiger partial charge in [-0.3, -0.25) is 4.79 Å². The number of carbonyl (C=O) groups is 1. The van der Waals surface area contributed by atoms with Crippen molar-refractivity contribution in [3.63, 3.8) is 0 Å². The highest BCUT2D eigenvalue weighted by Crippen LogP contribution is 2.15. The second-order valence-corrected chi connectivity index (χ2v) is 5.34. The summed E-state index contributed by atoms with van der Waals surface area (Å²) in [7, 11) is 3.95. The molecule has 0 aliphatic heterocycles. The van der Waals surface area contributed by atoms with Crippen LogP contribution in [0.1, 0.15) is 19.4 Å². The number of nitrogens with zero attached hydrogens (tertiary/aromatic N) is 1. The van der Waals surface area contributed by atoms with E-state index in [1.165, 1.54) is 0 Å². The first-order valence-electron chi connectivity index (χ1n) is 6.03. The molecule has 0 bridgehead atoms. The highest BCUT2D eigenvalue weighted by molar-refractivity contribution is 6.30. The lowest BCUT2D eigenvalue weighted by Crippen LogP contribution is -2.26. The first-order chi connectivity index (χ1) is 8.40. The molecule has 0 saturated heterocycles. The van der Waals surface area contributed by atoms with E-state index >= 15 is 0 Å². The van der Waals surface area contributed by atoms with Gasteiger partial charge in [-0.1, -0.05) is 30.7 Å². The average Bonchev–Trinajstić information content (AvgIpc) is 2.30. The monoisotopic (exact) mass is 265 g/mol. The molecule has 0 aliphatic rings. The fraction of sp³-hybridized carbons (Fsp3) is 0.400. The molecule has 0 fully saturated rings. The summed E-state index contributed by atoms with van der Waals surface area (Å²) >= 11 is 5.83. The second kappa shape index (κ2) is 6.72. The first-order valence-corrected chi connectivity index (χ1v) is 6.40. The summed E-state index contributed by atoms with van der Waals surface area (Å²) in [6.07, 6.45) is 1.91. The zero-order valence-electron chi connectivity index (χ0n) is 11.4. The normalized spacial score (nSPS) is 13.8. The minimum atomic E-state index is 0.0172. The number of hydrogen-bond donors (Lipinski definition) is 0. The van der Waals surface area contributed by atoms with E-state index in [-0.39, 0.29) is 11.7 Å². The Morgan fingerprint density at radius 2 is 1.89 bits per heavy atom. The van der Waals surface area contributed by atoms with Crippen LogP contribution in [0, 0.1) is 5.92 Å². The molecule has 1 aromatic carbocycles. The van der Waals surface area contributed by atoms with Gasteiger partial charge in [-0.05, 0) is 50.4 Å².